The second-order valence-electron chi connectivity index (χ2n) is 5.44. The quantitative estimate of drug-likeness (QED) is 0.816. The van der Waals surface area contributed by atoms with Crippen molar-refractivity contribution in [3.63, 3.8) is 0 Å². The Morgan fingerprint density at radius 2 is 2.14 bits per heavy atom. The van der Waals surface area contributed by atoms with E-state index < -0.39 is 5.97 Å². The van der Waals surface area contributed by atoms with E-state index >= 15 is 0 Å². The fraction of sp³-hybridized carbons (Fsp3) is 0.438. The van der Waals surface area contributed by atoms with Gasteiger partial charge in [-0.15, -0.1) is 0 Å². The average molecular weight is 288 g/mol. The molecule has 1 aliphatic carbocycles. The molecule has 2 rings (SSSR count). The predicted molar refractivity (Wildman–Crippen MR) is 79.8 cm³/mol. The van der Waals surface area contributed by atoms with E-state index in [0.29, 0.717) is 17.0 Å². The summed E-state index contributed by atoms with van der Waals surface area (Å²) in [5, 5.41) is 11.7. The third-order valence-electron chi connectivity index (χ3n) is 3.97. The summed E-state index contributed by atoms with van der Waals surface area (Å²) < 4.78 is 0. The Labute approximate surface area is 124 Å². The van der Waals surface area contributed by atoms with Gasteiger partial charge in [-0.3, -0.25) is 9.78 Å². The number of nitrogens with one attached hydrogen (secondary N) is 1. The van der Waals surface area contributed by atoms with Crippen molar-refractivity contribution in [1.29, 1.82) is 0 Å². The van der Waals surface area contributed by atoms with Crippen molar-refractivity contribution in [2.24, 2.45) is 5.92 Å². The van der Waals surface area contributed by atoms with Gasteiger partial charge in [-0.05, 0) is 37.8 Å². The van der Waals surface area contributed by atoms with E-state index in [1.54, 1.807) is 6.07 Å². The molecule has 1 saturated carbocycles. The SMILES string of the molecule is CC(NC(=O)c1ccncc1C=CC(=O)O)C1CCCC1. The lowest BCUT2D eigenvalue weighted by Gasteiger charge is -2.20. The standard InChI is InChI=1S/C16H20N2O3/c1-11(12-4-2-3-5-12)18-16(21)14-8-9-17-10-13(14)6-7-15(19)20/h6-12H,2-5H2,1H3,(H,18,21)(H,19,20). The fourth-order valence-corrected chi connectivity index (χ4v) is 2.77. The van der Waals surface area contributed by atoms with E-state index in [9.17, 15) is 9.59 Å². The maximum atomic E-state index is 12.4. The number of carboxylic acid groups (broad SMARTS) is 1. The zero-order chi connectivity index (χ0) is 15.2. The molecule has 1 fully saturated rings. The smallest absolute Gasteiger partial charge is 0.328 e. The van der Waals surface area contributed by atoms with E-state index in [0.717, 1.165) is 18.9 Å². The third kappa shape index (κ3) is 4.15. The molecule has 1 atom stereocenters. The highest BCUT2D eigenvalue weighted by Gasteiger charge is 2.23. The Balaban J connectivity index is 2.09. The first kappa shape index (κ1) is 15.2. The number of carbonyl (C=O) groups is 2. The summed E-state index contributed by atoms with van der Waals surface area (Å²) >= 11 is 0. The van der Waals surface area contributed by atoms with Crippen LogP contribution in [0.15, 0.2) is 24.5 Å². The summed E-state index contributed by atoms with van der Waals surface area (Å²) in [6.07, 6.45) is 10.2. The van der Waals surface area contributed by atoms with Crippen molar-refractivity contribution >= 4 is 18.0 Å². The van der Waals surface area contributed by atoms with E-state index in [-0.39, 0.29) is 11.9 Å². The van der Waals surface area contributed by atoms with Crippen molar-refractivity contribution < 1.29 is 14.7 Å². The monoisotopic (exact) mass is 288 g/mol. The minimum atomic E-state index is -1.05. The number of nitrogens with zero attached hydrogens (tertiary/aromatic N) is 1. The highest BCUT2D eigenvalue weighted by molar-refractivity contribution is 5.98. The van der Waals surface area contributed by atoms with Crippen LogP contribution in [0.1, 0.15) is 48.5 Å². The highest BCUT2D eigenvalue weighted by Crippen LogP contribution is 2.27. The third-order valence-corrected chi connectivity index (χ3v) is 3.97. The van der Waals surface area contributed by atoms with Crippen LogP contribution in [0.25, 0.3) is 6.08 Å². The molecule has 5 nitrogen and oxygen atoms in total. The number of hydrogen-bond donors (Lipinski definition) is 2. The molecule has 1 aromatic heterocycles. The molecule has 0 spiro atoms. The molecule has 2 N–H and O–H groups in total. The number of aliphatic carboxylic acids is 1. The van der Waals surface area contributed by atoms with Gasteiger partial charge in [0.15, 0.2) is 0 Å². The van der Waals surface area contributed by atoms with Gasteiger partial charge in [0.25, 0.3) is 5.91 Å². The summed E-state index contributed by atoms with van der Waals surface area (Å²) in [7, 11) is 0. The minimum Gasteiger partial charge on any atom is -0.478 e. The molecule has 0 aliphatic heterocycles. The molecule has 1 amide bonds. The summed E-state index contributed by atoms with van der Waals surface area (Å²) in [6, 6.07) is 1.74. The maximum Gasteiger partial charge on any atom is 0.328 e. The van der Waals surface area contributed by atoms with Gasteiger partial charge in [-0.25, -0.2) is 4.79 Å². The number of carboxylic acids is 1. The summed E-state index contributed by atoms with van der Waals surface area (Å²) in [4.78, 5) is 26.9. The molecule has 21 heavy (non-hydrogen) atoms. The molecule has 0 saturated heterocycles. The molecule has 0 radical (unpaired) electrons. The van der Waals surface area contributed by atoms with E-state index in [1.165, 1.54) is 31.3 Å². The number of carbonyl (C=O) groups excluding carboxylic acids is 1. The Bertz CT molecular complexity index is 548. The summed E-state index contributed by atoms with van der Waals surface area (Å²) in [5.41, 5.74) is 0.961. The lowest BCUT2D eigenvalue weighted by Crippen LogP contribution is -2.37. The van der Waals surface area contributed by atoms with Crippen LogP contribution in [-0.2, 0) is 4.79 Å². The predicted octanol–water partition coefficient (Wildman–Crippen LogP) is 2.49. The second-order valence-corrected chi connectivity index (χ2v) is 5.44. The van der Waals surface area contributed by atoms with Gasteiger partial charge in [0.05, 0.1) is 0 Å². The van der Waals surface area contributed by atoms with Crippen LogP contribution in [0, 0.1) is 5.92 Å². The Hall–Kier alpha value is -2.17. The summed E-state index contributed by atoms with van der Waals surface area (Å²) in [5.74, 6) is -0.694. The highest BCUT2D eigenvalue weighted by atomic mass is 16.4. The van der Waals surface area contributed by atoms with Crippen molar-refractivity contribution in [1.82, 2.24) is 10.3 Å². The number of pyridine rings is 1. The topological polar surface area (TPSA) is 79.3 Å². The lowest BCUT2D eigenvalue weighted by atomic mass is 9.99. The number of amides is 1. The van der Waals surface area contributed by atoms with Gasteiger partial charge in [-0.2, -0.15) is 0 Å². The van der Waals surface area contributed by atoms with Crippen LogP contribution >= 0.6 is 0 Å². The first-order valence-corrected chi connectivity index (χ1v) is 7.24. The second kappa shape index (κ2) is 7.02. The van der Waals surface area contributed by atoms with Gasteiger partial charge in [0.1, 0.15) is 0 Å². The van der Waals surface area contributed by atoms with Gasteiger partial charge < -0.3 is 10.4 Å². The largest absolute Gasteiger partial charge is 0.478 e. The zero-order valence-electron chi connectivity index (χ0n) is 12.1. The molecular weight excluding hydrogens is 268 g/mol. The fourth-order valence-electron chi connectivity index (χ4n) is 2.77. The van der Waals surface area contributed by atoms with Gasteiger partial charge >= 0.3 is 5.97 Å². The molecular formula is C16H20N2O3. The van der Waals surface area contributed by atoms with Crippen LogP contribution in [0.2, 0.25) is 0 Å². The van der Waals surface area contributed by atoms with E-state index in [2.05, 4.69) is 10.3 Å². The minimum absolute atomic E-state index is 0.129. The van der Waals surface area contributed by atoms with E-state index in [4.69, 9.17) is 5.11 Å². The molecule has 1 heterocycles. The molecule has 0 aromatic carbocycles. The van der Waals surface area contributed by atoms with Gasteiger partial charge in [0, 0.05) is 35.6 Å². The van der Waals surface area contributed by atoms with Crippen molar-refractivity contribution in [3.05, 3.63) is 35.7 Å². The van der Waals surface area contributed by atoms with Crippen molar-refractivity contribution in [2.45, 2.75) is 38.6 Å². The number of aromatic nitrogens is 1. The van der Waals surface area contributed by atoms with Crippen LogP contribution < -0.4 is 5.32 Å². The summed E-state index contributed by atoms with van der Waals surface area (Å²) in [6.45, 7) is 2.03. The van der Waals surface area contributed by atoms with E-state index in [1.807, 2.05) is 6.92 Å². The van der Waals surface area contributed by atoms with Gasteiger partial charge in [0.2, 0.25) is 0 Å². The molecule has 1 unspecified atom stereocenters. The van der Waals surface area contributed by atoms with Crippen molar-refractivity contribution in [3.8, 4) is 0 Å². The molecule has 0 bridgehead atoms. The number of rotatable bonds is 5. The first-order chi connectivity index (χ1) is 10.1. The Kier molecular flexibility index (Phi) is 5.09. The number of hydrogen-bond acceptors (Lipinski definition) is 3. The molecule has 1 aliphatic rings. The van der Waals surface area contributed by atoms with Crippen LogP contribution in [0.4, 0.5) is 0 Å². The zero-order valence-corrected chi connectivity index (χ0v) is 12.1. The molecule has 5 heteroatoms. The normalized spacial score (nSPS) is 17.0. The van der Waals surface area contributed by atoms with Crippen molar-refractivity contribution in [2.75, 3.05) is 0 Å². The maximum absolute atomic E-state index is 12.4. The average Bonchev–Trinajstić information content (AvgIpc) is 2.99. The molecule has 1 aromatic rings. The van der Waals surface area contributed by atoms with Crippen LogP contribution in [0.3, 0.4) is 0 Å². The lowest BCUT2D eigenvalue weighted by molar-refractivity contribution is -0.131. The Morgan fingerprint density at radius 3 is 2.81 bits per heavy atom. The first-order valence-electron chi connectivity index (χ1n) is 7.24. The molecule has 112 valence electrons. The van der Waals surface area contributed by atoms with Gasteiger partial charge in [-0.1, -0.05) is 12.8 Å². The van der Waals surface area contributed by atoms with Crippen LogP contribution in [0.5, 0.6) is 0 Å². The van der Waals surface area contributed by atoms with Crippen LogP contribution in [-0.4, -0.2) is 28.0 Å². The Morgan fingerprint density at radius 1 is 1.43 bits per heavy atom.